The third-order valence-electron chi connectivity index (χ3n) is 2.47. The van der Waals surface area contributed by atoms with E-state index in [4.69, 9.17) is 0 Å². The topological polar surface area (TPSA) is 15.3 Å². The molecule has 0 aliphatic carbocycles. The third-order valence-corrected chi connectivity index (χ3v) is 3.20. The second kappa shape index (κ2) is 7.85. The van der Waals surface area contributed by atoms with Gasteiger partial charge in [-0.15, -0.1) is 0 Å². The van der Waals surface area contributed by atoms with E-state index in [1.165, 1.54) is 24.9 Å². The molecule has 1 N–H and O–H groups in total. The molecule has 0 saturated heterocycles. The van der Waals surface area contributed by atoms with Crippen LogP contribution in [0.3, 0.4) is 0 Å². The molecule has 1 aromatic heterocycles. The number of hydrogen-bond donors (Lipinski definition) is 1. The lowest BCUT2D eigenvalue weighted by atomic mass is 10.3. The number of rotatable bonds is 8. The van der Waals surface area contributed by atoms with Crippen LogP contribution in [0.2, 0.25) is 0 Å². The number of likely N-dealkylation sites (N-methyl/N-ethyl adjacent to an activating group) is 1. The van der Waals surface area contributed by atoms with Crippen LogP contribution < -0.4 is 5.32 Å². The second-order valence-corrected chi connectivity index (χ2v) is 4.75. The first kappa shape index (κ1) is 12.7. The van der Waals surface area contributed by atoms with E-state index in [2.05, 4.69) is 41.0 Å². The number of nitrogens with one attached hydrogen (secondary N) is 1. The van der Waals surface area contributed by atoms with Crippen molar-refractivity contribution in [2.75, 3.05) is 26.7 Å². The van der Waals surface area contributed by atoms with E-state index in [9.17, 15) is 0 Å². The fourth-order valence-corrected chi connectivity index (χ4v) is 2.10. The van der Waals surface area contributed by atoms with Gasteiger partial charge in [0.05, 0.1) is 0 Å². The zero-order valence-electron chi connectivity index (χ0n) is 9.83. The molecule has 0 aliphatic heterocycles. The Kier molecular flexibility index (Phi) is 6.64. The number of unbranched alkanes of at least 4 members (excludes halogenated alkanes) is 1. The van der Waals surface area contributed by atoms with Gasteiger partial charge in [-0.05, 0) is 42.4 Å². The van der Waals surface area contributed by atoms with Gasteiger partial charge in [0.25, 0.3) is 0 Å². The van der Waals surface area contributed by atoms with Crippen LogP contribution in [-0.4, -0.2) is 31.6 Å². The molecular weight excluding hydrogens is 204 g/mol. The Morgan fingerprint density at radius 1 is 1.40 bits per heavy atom. The molecule has 0 saturated carbocycles. The summed E-state index contributed by atoms with van der Waals surface area (Å²) in [6, 6.07) is 2.18. The maximum absolute atomic E-state index is 3.46. The van der Waals surface area contributed by atoms with Gasteiger partial charge in [0.1, 0.15) is 0 Å². The van der Waals surface area contributed by atoms with Gasteiger partial charge in [-0.3, -0.25) is 0 Å². The molecule has 0 amide bonds. The SMILES string of the molecule is CCCCN(C)CCNCc1ccsc1. The summed E-state index contributed by atoms with van der Waals surface area (Å²) in [5.41, 5.74) is 1.40. The predicted molar refractivity (Wildman–Crippen MR) is 68.4 cm³/mol. The summed E-state index contributed by atoms with van der Waals surface area (Å²) >= 11 is 1.76. The van der Waals surface area contributed by atoms with Crippen molar-refractivity contribution in [3.63, 3.8) is 0 Å². The highest BCUT2D eigenvalue weighted by Crippen LogP contribution is 2.04. The van der Waals surface area contributed by atoms with Crippen LogP contribution in [-0.2, 0) is 6.54 Å². The lowest BCUT2D eigenvalue weighted by Crippen LogP contribution is -2.29. The average molecular weight is 226 g/mol. The van der Waals surface area contributed by atoms with Crippen molar-refractivity contribution in [2.45, 2.75) is 26.3 Å². The van der Waals surface area contributed by atoms with Crippen molar-refractivity contribution >= 4 is 11.3 Å². The summed E-state index contributed by atoms with van der Waals surface area (Å²) in [6.45, 7) is 6.69. The van der Waals surface area contributed by atoms with Gasteiger partial charge in [-0.2, -0.15) is 11.3 Å². The van der Waals surface area contributed by atoms with Gasteiger partial charge in [0.2, 0.25) is 0 Å². The quantitative estimate of drug-likeness (QED) is 0.685. The van der Waals surface area contributed by atoms with Crippen molar-refractivity contribution in [1.82, 2.24) is 10.2 Å². The van der Waals surface area contributed by atoms with Crippen molar-refractivity contribution in [3.8, 4) is 0 Å². The molecule has 15 heavy (non-hydrogen) atoms. The molecule has 1 rings (SSSR count). The Hall–Kier alpha value is -0.380. The van der Waals surface area contributed by atoms with E-state index in [0.717, 1.165) is 19.6 Å². The molecular formula is C12H22N2S. The van der Waals surface area contributed by atoms with Gasteiger partial charge in [0, 0.05) is 19.6 Å². The maximum Gasteiger partial charge on any atom is 0.0214 e. The highest BCUT2D eigenvalue weighted by molar-refractivity contribution is 7.07. The molecule has 1 aromatic rings. The molecule has 0 fully saturated rings. The Labute approximate surface area is 97.3 Å². The van der Waals surface area contributed by atoms with Gasteiger partial charge in [0.15, 0.2) is 0 Å². The van der Waals surface area contributed by atoms with E-state index < -0.39 is 0 Å². The van der Waals surface area contributed by atoms with Crippen LogP contribution in [0.15, 0.2) is 16.8 Å². The third kappa shape index (κ3) is 5.92. The highest BCUT2D eigenvalue weighted by Gasteiger charge is 1.97. The largest absolute Gasteiger partial charge is 0.311 e. The Balaban J connectivity index is 1.97. The van der Waals surface area contributed by atoms with Gasteiger partial charge >= 0.3 is 0 Å². The molecule has 0 aliphatic rings. The summed E-state index contributed by atoms with van der Waals surface area (Å²) in [5.74, 6) is 0. The number of hydrogen-bond acceptors (Lipinski definition) is 3. The first-order valence-electron chi connectivity index (χ1n) is 5.73. The van der Waals surface area contributed by atoms with E-state index in [1.54, 1.807) is 11.3 Å². The van der Waals surface area contributed by atoms with Gasteiger partial charge in [-0.25, -0.2) is 0 Å². The van der Waals surface area contributed by atoms with E-state index in [-0.39, 0.29) is 0 Å². The zero-order chi connectivity index (χ0) is 10.9. The van der Waals surface area contributed by atoms with Crippen molar-refractivity contribution in [1.29, 1.82) is 0 Å². The molecule has 86 valence electrons. The molecule has 0 unspecified atom stereocenters. The van der Waals surface area contributed by atoms with Crippen LogP contribution in [0.25, 0.3) is 0 Å². The Morgan fingerprint density at radius 3 is 2.93 bits per heavy atom. The summed E-state index contributed by atoms with van der Waals surface area (Å²) < 4.78 is 0. The van der Waals surface area contributed by atoms with Crippen molar-refractivity contribution in [2.24, 2.45) is 0 Å². The van der Waals surface area contributed by atoms with Crippen LogP contribution in [0, 0.1) is 0 Å². The molecule has 2 nitrogen and oxygen atoms in total. The van der Waals surface area contributed by atoms with Gasteiger partial charge < -0.3 is 10.2 Å². The van der Waals surface area contributed by atoms with Crippen LogP contribution in [0.5, 0.6) is 0 Å². The fourth-order valence-electron chi connectivity index (χ4n) is 1.44. The second-order valence-electron chi connectivity index (χ2n) is 3.97. The first-order valence-corrected chi connectivity index (χ1v) is 6.67. The summed E-state index contributed by atoms with van der Waals surface area (Å²) in [5, 5.41) is 7.79. The summed E-state index contributed by atoms with van der Waals surface area (Å²) in [7, 11) is 2.20. The van der Waals surface area contributed by atoms with Gasteiger partial charge in [-0.1, -0.05) is 13.3 Å². The summed E-state index contributed by atoms with van der Waals surface area (Å²) in [4.78, 5) is 2.39. The number of thiophene rings is 1. The normalized spacial score (nSPS) is 11.1. The molecule has 0 spiro atoms. The average Bonchev–Trinajstić information content (AvgIpc) is 2.74. The molecule has 3 heteroatoms. The highest BCUT2D eigenvalue weighted by atomic mass is 32.1. The van der Waals surface area contributed by atoms with E-state index in [1.807, 2.05) is 0 Å². The Morgan fingerprint density at radius 2 is 2.27 bits per heavy atom. The standard InChI is InChI=1S/C12H22N2S/c1-3-4-7-14(2)8-6-13-10-12-5-9-15-11-12/h5,9,11,13H,3-4,6-8,10H2,1-2H3. The molecule has 1 heterocycles. The monoisotopic (exact) mass is 226 g/mol. The molecule has 0 bridgehead atoms. The van der Waals surface area contributed by atoms with Crippen LogP contribution in [0.4, 0.5) is 0 Å². The lowest BCUT2D eigenvalue weighted by molar-refractivity contribution is 0.325. The minimum absolute atomic E-state index is 1.01. The fraction of sp³-hybridized carbons (Fsp3) is 0.667. The summed E-state index contributed by atoms with van der Waals surface area (Å²) in [6.07, 6.45) is 2.59. The minimum Gasteiger partial charge on any atom is -0.311 e. The number of nitrogens with zero attached hydrogens (tertiary/aromatic N) is 1. The molecule has 0 aromatic carbocycles. The van der Waals surface area contributed by atoms with E-state index >= 15 is 0 Å². The van der Waals surface area contributed by atoms with Crippen molar-refractivity contribution in [3.05, 3.63) is 22.4 Å². The van der Waals surface area contributed by atoms with Crippen LogP contribution in [0.1, 0.15) is 25.3 Å². The predicted octanol–water partition coefficient (Wildman–Crippen LogP) is 2.57. The van der Waals surface area contributed by atoms with Crippen LogP contribution >= 0.6 is 11.3 Å². The minimum atomic E-state index is 1.01. The Bertz CT molecular complexity index is 234. The van der Waals surface area contributed by atoms with E-state index in [0.29, 0.717) is 0 Å². The molecule has 0 radical (unpaired) electrons. The molecule has 0 atom stereocenters. The van der Waals surface area contributed by atoms with Crippen molar-refractivity contribution < 1.29 is 0 Å². The smallest absolute Gasteiger partial charge is 0.0214 e. The lowest BCUT2D eigenvalue weighted by Gasteiger charge is -2.16. The first-order chi connectivity index (χ1) is 7.33. The zero-order valence-corrected chi connectivity index (χ0v) is 10.6. The maximum atomic E-state index is 3.46.